The number of hydrogen-bond donors (Lipinski definition) is 3. The Balaban J connectivity index is 1.59. The number of anilines is 1. The molecule has 3 aromatic rings. The van der Waals surface area contributed by atoms with E-state index in [1.165, 1.54) is 12.1 Å². The number of hydrogen-bond acceptors (Lipinski definition) is 6. The Morgan fingerprint density at radius 2 is 2.13 bits per heavy atom. The van der Waals surface area contributed by atoms with Crippen LogP contribution < -0.4 is 15.8 Å². The number of aliphatic hydroxyl groups excluding tert-OH is 1. The minimum absolute atomic E-state index is 0.0928. The zero-order valence-electron chi connectivity index (χ0n) is 16.7. The summed E-state index contributed by atoms with van der Waals surface area (Å²) < 4.78 is 21.6. The van der Waals surface area contributed by atoms with Gasteiger partial charge in [0.1, 0.15) is 11.9 Å². The molecule has 0 spiro atoms. The molecule has 1 aromatic carbocycles. The van der Waals surface area contributed by atoms with Crippen molar-refractivity contribution < 1.29 is 14.2 Å². The average molecular weight is 466 g/mol. The highest BCUT2D eigenvalue weighted by molar-refractivity contribution is 6.36. The van der Waals surface area contributed by atoms with E-state index in [0.717, 1.165) is 24.1 Å². The van der Waals surface area contributed by atoms with Crippen LogP contribution in [0, 0.1) is 5.82 Å². The van der Waals surface area contributed by atoms with Crippen LogP contribution in [0.3, 0.4) is 0 Å². The Bertz CT molecular complexity index is 1090. The highest BCUT2D eigenvalue weighted by Crippen LogP contribution is 2.37. The highest BCUT2D eigenvalue weighted by Gasteiger charge is 2.25. The van der Waals surface area contributed by atoms with Crippen molar-refractivity contribution in [2.45, 2.75) is 31.6 Å². The van der Waals surface area contributed by atoms with E-state index in [2.05, 4.69) is 15.4 Å². The molecule has 3 heterocycles. The van der Waals surface area contributed by atoms with Crippen LogP contribution in [0.15, 0.2) is 36.8 Å². The summed E-state index contributed by atoms with van der Waals surface area (Å²) in [4.78, 5) is 4.22. The molecule has 0 amide bonds. The second-order valence-corrected chi connectivity index (χ2v) is 8.25. The van der Waals surface area contributed by atoms with Gasteiger partial charge in [-0.15, -0.1) is 0 Å². The van der Waals surface area contributed by atoms with Crippen LogP contribution in [-0.4, -0.2) is 39.1 Å². The van der Waals surface area contributed by atoms with Crippen LogP contribution in [0.5, 0.6) is 5.75 Å². The molecule has 2 aromatic heterocycles. The summed E-state index contributed by atoms with van der Waals surface area (Å²) in [5.74, 6) is -0.0830. The van der Waals surface area contributed by atoms with Crippen LogP contribution in [0.4, 0.5) is 10.2 Å². The van der Waals surface area contributed by atoms with Crippen molar-refractivity contribution in [1.82, 2.24) is 20.1 Å². The molecular weight excluding hydrogens is 444 g/mol. The molecule has 0 aliphatic carbocycles. The number of nitrogens with one attached hydrogen (secondary N) is 1. The van der Waals surface area contributed by atoms with E-state index in [1.807, 2.05) is 6.20 Å². The first-order valence-electron chi connectivity index (χ1n) is 9.84. The van der Waals surface area contributed by atoms with Gasteiger partial charge in [-0.3, -0.25) is 4.68 Å². The Labute approximate surface area is 188 Å². The van der Waals surface area contributed by atoms with Crippen molar-refractivity contribution >= 4 is 29.0 Å². The molecular formula is C21H22Cl2FN5O2. The maximum absolute atomic E-state index is 13.9. The maximum Gasteiger partial charge on any atom is 0.166 e. The number of rotatable bonds is 5. The lowest BCUT2D eigenvalue weighted by molar-refractivity contribution is 0.0810. The minimum atomic E-state index is -0.664. The summed E-state index contributed by atoms with van der Waals surface area (Å²) in [5.41, 5.74) is 7.88. The molecule has 4 rings (SSSR count). The van der Waals surface area contributed by atoms with Crippen LogP contribution in [0.1, 0.15) is 31.1 Å². The number of ether oxygens (including phenoxy) is 1. The van der Waals surface area contributed by atoms with Crippen molar-refractivity contribution in [3.8, 4) is 16.9 Å². The van der Waals surface area contributed by atoms with Crippen molar-refractivity contribution in [1.29, 1.82) is 0 Å². The van der Waals surface area contributed by atoms with Crippen molar-refractivity contribution in [2.75, 3.05) is 18.8 Å². The number of nitrogens with two attached hydrogens (primary N) is 1. The lowest BCUT2D eigenvalue weighted by Gasteiger charge is -2.28. The van der Waals surface area contributed by atoms with E-state index in [-0.39, 0.29) is 16.9 Å². The molecule has 0 bridgehead atoms. The van der Waals surface area contributed by atoms with Gasteiger partial charge >= 0.3 is 0 Å². The van der Waals surface area contributed by atoms with Crippen LogP contribution in [0.25, 0.3) is 11.1 Å². The van der Waals surface area contributed by atoms with E-state index in [0.29, 0.717) is 22.9 Å². The smallest absolute Gasteiger partial charge is 0.166 e. The fraction of sp³-hybridized carbons (Fsp3) is 0.333. The molecule has 7 nitrogen and oxygen atoms in total. The van der Waals surface area contributed by atoms with Gasteiger partial charge in [-0.1, -0.05) is 23.2 Å². The second-order valence-electron chi connectivity index (χ2n) is 7.46. The van der Waals surface area contributed by atoms with Gasteiger partial charge in [0.05, 0.1) is 23.4 Å². The molecule has 0 radical (unpaired) electrons. The van der Waals surface area contributed by atoms with Gasteiger partial charge in [-0.25, -0.2) is 9.37 Å². The molecule has 164 valence electrons. The Hall–Kier alpha value is -2.39. The lowest BCUT2D eigenvalue weighted by atomic mass is 10.0. The first kappa shape index (κ1) is 21.8. The van der Waals surface area contributed by atoms with Gasteiger partial charge in [-0.05, 0) is 38.1 Å². The number of halogens is 3. The van der Waals surface area contributed by atoms with E-state index in [4.69, 9.17) is 33.7 Å². The molecule has 1 saturated heterocycles. The average Bonchev–Trinajstić information content (AvgIpc) is 3.23. The highest BCUT2D eigenvalue weighted by atomic mass is 35.5. The molecule has 0 saturated carbocycles. The zero-order chi connectivity index (χ0) is 22.1. The number of aliphatic hydroxyl groups is 1. The zero-order valence-corrected chi connectivity index (χ0v) is 18.2. The molecule has 1 aliphatic rings. The van der Waals surface area contributed by atoms with Gasteiger partial charge in [0.2, 0.25) is 0 Å². The Morgan fingerprint density at radius 1 is 1.32 bits per heavy atom. The SMILES string of the molecule is C[C@@H](Oc1cc(-c2cnn([C@@H]3CCNC[C@@H]3O)c2)cnc1N)c1c(Cl)ccc(F)c1Cl. The molecule has 3 atom stereocenters. The van der Waals surface area contributed by atoms with Gasteiger partial charge < -0.3 is 20.9 Å². The third kappa shape index (κ3) is 4.48. The van der Waals surface area contributed by atoms with Crippen LogP contribution in [0.2, 0.25) is 10.0 Å². The fourth-order valence-corrected chi connectivity index (χ4v) is 4.36. The molecule has 1 fully saturated rings. The monoisotopic (exact) mass is 465 g/mol. The van der Waals surface area contributed by atoms with E-state index < -0.39 is 18.0 Å². The fourth-order valence-electron chi connectivity index (χ4n) is 3.68. The first-order chi connectivity index (χ1) is 14.8. The van der Waals surface area contributed by atoms with E-state index >= 15 is 0 Å². The van der Waals surface area contributed by atoms with Crippen LogP contribution in [-0.2, 0) is 0 Å². The summed E-state index contributed by atoms with van der Waals surface area (Å²) in [6, 6.07) is 4.28. The van der Waals surface area contributed by atoms with Gasteiger partial charge in [0.25, 0.3) is 0 Å². The standard InChI is InChI=1S/C21H22Cl2FN5O2/c1-11(19-14(22)2-3-15(24)20(19)23)31-18-6-12(7-27-21(18)25)13-8-28-29(10-13)16-4-5-26-9-17(16)30/h2-3,6-8,10-11,16-17,26,30H,4-5,9H2,1H3,(H2,25,27)/t11-,16-,17+/m1/s1. The first-order valence-corrected chi connectivity index (χ1v) is 10.6. The van der Waals surface area contributed by atoms with Crippen molar-refractivity contribution in [3.63, 3.8) is 0 Å². The quantitative estimate of drug-likeness (QED) is 0.492. The maximum atomic E-state index is 13.9. The van der Waals surface area contributed by atoms with Crippen molar-refractivity contribution in [2.24, 2.45) is 0 Å². The lowest BCUT2D eigenvalue weighted by Crippen LogP contribution is -2.41. The van der Waals surface area contributed by atoms with Crippen molar-refractivity contribution in [3.05, 3.63) is 58.2 Å². The summed E-state index contributed by atoms with van der Waals surface area (Å²) in [6.45, 7) is 3.06. The summed E-state index contributed by atoms with van der Waals surface area (Å²) >= 11 is 12.3. The molecule has 0 unspecified atom stereocenters. The molecule has 4 N–H and O–H groups in total. The van der Waals surface area contributed by atoms with E-state index in [1.54, 1.807) is 30.1 Å². The summed E-state index contributed by atoms with van der Waals surface area (Å²) in [5, 5.41) is 18.0. The van der Waals surface area contributed by atoms with E-state index in [9.17, 15) is 9.50 Å². The normalized spacial score (nSPS) is 19.9. The van der Waals surface area contributed by atoms with Gasteiger partial charge in [-0.2, -0.15) is 5.10 Å². The third-order valence-electron chi connectivity index (χ3n) is 5.36. The Kier molecular flexibility index (Phi) is 6.34. The summed E-state index contributed by atoms with van der Waals surface area (Å²) in [6.07, 6.45) is 4.79. The van der Waals surface area contributed by atoms with Gasteiger partial charge in [0.15, 0.2) is 11.6 Å². The predicted molar refractivity (Wildman–Crippen MR) is 118 cm³/mol. The molecule has 31 heavy (non-hydrogen) atoms. The number of pyridine rings is 1. The molecule has 1 aliphatic heterocycles. The molecule has 10 heteroatoms. The number of piperidine rings is 1. The number of nitrogen functional groups attached to an aromatic ring is 1. The third-order valence-corrected chi connectivity index (χ3v) is 6.07. The number of β-amino-alcohol motifs (C(OH)–C–C–N with tert-alkyl or cyclic N) is 1. The minimum Gasteiger partial charge on any atom is -0.482 e. The topological polar surface area (TPSA) is 98.2 Å². The number of aromatic nitrogens is 3. The van der Waals surface area contributed by atoms with Gasteiger partial charge in [0, 0.05) is 40.7 Å². The summed E-state index contributed by atoms with van der Waals surface area (Å²) in [7, 11) is 0. The number of benzene rings is 1. The largest absolute Gasteiger partial charge is 0.482 e. The number of nitrogens with zero attached hydrogens (tertiary/aromatic N) is 3. The Morgan fingerprint density at radius 3 is 2.90 bits per heavy atom. The predicted octanol–water partition coefficient (Wildman–Crippen LogP) is 4.01. The van der Waals surface area contributed by atoms with Crippen LogP contribution >= 0.6 is 23.2 Å². The second kappa shape index (κ2) is 9.00.